The van der Waals surface area contributed by atoms with Crippen LogP contribution in [0.25, 0.3) is 11.3 Å². The van der Waals surface area contributed by atoms with E-state index in [2.05, 4.69) is 28.5 Å². The van der Waals surface area contributed by atoms with E-state index in [0.29, 0.717) is 50.9 Å². The first kappa shape index (κ1) is 34.2. The van der Waals surface area contributed by atoms with Crippen LogP contribution in [-0.2, 0) is 10.0 Å². The number of aromatic nitrogens is 2. The number of piperidine rings is 1. The second-order valence-corrected chi connectivity index (χ2v) is 15.8. The maximum atomic E-state index is 14.4. The Kier molecular flexibility index (Phi) is 9.22. The number of carbonyl (C=O) groups is 1. The molecule has 1 N–H and O–H groups in total. The summed E-state index contributed by atoms with van der Waals surface area (Å²) in [5.74, 6) is -0.0709. The SMILES string of the molecule is Cc1cccc(C)c1-c1cc2nc(n1)NS(=O)(=O)c1cccc(c1)C(=O)N(C1CC3(CCN(CC(F)(F)F)CC3)C1)[C@H](CC(C)C)CO2. The quantitative estimate of drug-likeness (QED) is 0.322. The number of nitrogens with zero attached hydrogens (tertiary/aromatic N) is 4. The highest BCUT2D eigenvalue weighted by atomic mass is 32.2. The zero-order chi connectivity index (χ0) is 34.4. The van der Waals surface area contributed by atoms with Crippen LogP contribution < -0.4 is 9.46 Å². The van der Waals surface area contributed by atoms with Crippen molar-refractivity contribution in [2.45, 2.75) is 83.0 Å². The summed E-state index contributed by atoms with van der Waals surface area (Å²) in [4.78, 5) is 26.7. The first-order valence-corrected chi connectivity index (χ1v) is 17.9. The lowest BCUT2D eigenvalue weighted by molar-refractivity contribution is -0.154. The third-order valence-corrected chi connectivity index (χ3v) is 11.2. The van der Waals surface area contributed by atoms with Crippen LogP contribution in [0, 0.1) is 25.2 Å². The minimum absolute atomic E-state index is 0.0985. The number of ether oxygens (including phenoxy) is 1. The van der Waals surface area contributed by atoms with Gasteiger partial charge in [-0.2, -0.15) is 18.2 Å². The number of hydrogen-bond acceptors (Lipinski definition) is 7. The second kappa shape index (κ2) is 13.0. The van der Waals surface area contributed by atoms with Gasteiger partial charge in [0, 0.05) is 23.2 Å². The van der Waals surface area contributed by atoms with Crippen molar-refractivity contribution in [2.24, 2.45) is 11.3 Å². The van der Waals surface area contributed by atoms with Crippen molar-refractivity contribution in [3.8, 4) is 17.1 Å². The third-order valence-electron chi connectivity index (χ3n) is 9.90. The number of benzene rings is 2. The Balaban J connectivity index is 1.37. The highest BCUT2D eigenvalue weighted by Gasteiger charge is 2.51. The number of aryl methyl sites for hydroxylation is 2. The zero-order valence-electron chi connectivity index (χ0n) is 27.7. The van der Waals surface area contributed by atoms with Gasteiger partial charge in [-0.3, -0.25) is 9.69 Å². The number of alkyl halides is 3. The monoisotopic (exact) mass is 685 g/mol. The number of rotatable bonds is 5. The molecule has 1 amide bonds. The lowest BCUT2D eigenvalue weighted by Gasteiger charge is -2.56. The normalized spacial score (nSPS) is 21.5. The van der Waals surface area contributed by atoms with Crippen LogP contribution >= 0.6 is 0 Å². The fraction of sp³-hybridized carbons (Fsp3) is 0.514. The summed E-state index contributed by atoms with van der Waals surface area (Å²) in [5, 5.41) is 0. The zero-order valence-corrected chi connectivity index (χ0v) is 28.5. The number of fused-ring (bicyclic) bond motifs is 4. The van der Waals surface area contributed by atoms with E-state index in [1.165, 1.54) is 17.0 Å². The molecule has 6 rings (SSSR count). The van der Waals surface area contributed by atoms with E-state index in [-0.39, 0.29) is 58.2 Å². The number of hydrogen-bond donors (Lipinski definition) is 1. The molecule has 1 saturated heterocycles. The Morgan fingerprint density at radius 1 is 1.02 bits per heavy atom. The molecule has 1 aliphatic carbocycles. The topological polar surface area (TPSA) is 105 Å². The highest BCUT2D eigenvalue weighted by Crippen LogP contribution is 2.52. The van der Waals surface area contributed by atoms with E-state index in [9.17, 15) is 26.4 Å². The highest BCUT2D eigenvalue weighted by molar-refractivity contribution is 7.92. The molecule has 3 aromatic rings. The van der Waals surface area contributed by atoms with Gasteiger partial charge in [0.1, 0.15) is 6.61 Å². The molecule has 4 bridgehead atoms. The summed E-state index contributed by atoms with van der Waals surface area (Å²) in [6.07, 6.45) is -1.01. The summed E-state index contributed by atoms with van der Waals surface area (Å²) in [7, 11) is -4.19. The maximum absolute atomic E-state index is 14.4. The van der Waals surface area contributed by atoms with Crippen molar-refractivity contribution in [1.82, 2.24) is 19.8 Å². The van der Waals surface area contributed by atoms with E-state index in [0.717, 1.165) is 16.7 Å². The number of halogens is 3. The van der Waals surface area contributed by atoms with E-state index in [4.69, 9.17) is 4.74 Å². The molecule has 1 spiro atoms. The number of carbonyl (C=O) groups excluding carboxylic acids is 1. The summed E-state index contributed by atoms with van der Waals surface area (Å²) in [6.45, 7) is 7.99. The summed E-state index contributed by atoms with van der Waals surface area (Å²) in [5.41, 5.74) is 3.36. The molecule has 0 radical (unpaired) electrons. The summed E-state index contributed by atoms with van der Waals surface area (Å²) >= 11 is 0. The van der Waals surface area contributed by atoms with E-state index in [1.807, 2.05) is 36.9 Å². The largest absolute Gasteiger partial charge is 0.475 e. The molecular formula is C35H42F3N5O4S. The average Bonchev–Trinajstić information content (AvgIpc) is 2.98. The van der Waals surface area contributed by atoms with Gasteiger partial charge in [-0.25, -0.2) is 18.1 Å². The van der Waals surface area contributed by atoms with Crippen molar-refractivity contribution in [3.63, 3.8) is 0 Å². The third kappa shape index (κ3) is 7.31. The summed E-state index contributed by atoms with van der Waals surface area (Å²) in [6, 6.07) is 13.0. The van der Waals surface area contributed by atoms with E-state index >= 15 is 0 Å². The molecule has 2 aromatic carbocycles. The minimum atomic E-state index is -4.23. The fourth-order valence-corrected chi connectivity index (χ4v) is 8.61. The molecule has 9 nitrogen and oxygen atoms in total. The van der Waals surface area contributed by atoms with Gasteiger partial charge in [0.05, 0.1) is 23.2 Å². The van der Waals surface area contributed by atoms with Crippen molar-refractivity contribution < 1.29 is 31.1 Å². The predicted molar refractivity (Wildman–Crippen MR) is 176 cm³/mol. The molecule has 2 aliphatic heterocycles. The van der Waals surface area contributed by atoms with Gasteiger partial charge < -0.3 is 9.64 Å². The number of sulfonamides is 1. The Morgan fingerprint density at radius 2 is 1.69 bits per heavy atom. The molecule has 48 heavy (non-hydrogen) atoms. The fourth-order valence-electron chi connectivity index (χ4n) is 7.62. The van der Waals surface area contributed by atoms with Crippen LogP contribution in [0.4, 0.5) is 19.1 Å². The van der Waals surface area contributed by atoms with Crippen molar-refractivity contribution >= 4 is 21.9 Å². The standard InChI is InChI=1S/C35H42F3N5O4S/c1-22(2)15-26-20-47-30-17-29(31-23(3)7-5-8-24(31)4)39-33(40-30)41-48(45,46)28-10-6-9-25(16-28)32(44)43(26)27-18-34(19-27)11-13-42(14-12-34)21-35(36,37)38/h5-10,16-17,22,26-27H,11-15,18-21H2,1-4H3,(H,39,40,41)/t26-/m1/s1. The number of nitrogens with one attached hydrogen (secondary N) is 1. The summed E-state index contributed by atoms with van der Waals surface area (Å²) < 4.78 is 75.2. The number of anilines is 1. The molecule has 3 heterocycles. The van der Waals surface area contributed by atoms with Crippen molar-refractivity contribution in [2.75, 3.05) is 31.0 Å². The Hall–Kier alpha value is -3.71. The Labute approximate surface area is 280 Å². The van der Waals surface area contributed by atoms with Crippen LogP contribution in [0.2, 0.25) is 0 Å². The molecule has 0 unspecified atom stereocenters. The van der Waals surface area contributed by atoms with Crippen LogP contribution in [0.3, 0.4) is 0 Å². The Morgan fingerprint density at radius 3 is 2.33 bits per heavy atom. The van der Waals surface area contributed by atoms with Gasteiger partial charge >= 0.3 is 6.18 Å². The lowest BCUT2D eigenvalue weighted by Crippen LogP contribution is -2.60. The first-order valence-electron chi connectivity index (χ1n) is 16.4. The smallest absolute Gasteiger partial charge is 0.401 e. The van der Waals surface area contributed by atoms with Gasteiger partial charge in [0.15, 0.2) is 0 Å². The maximum Gasteiger partial charge on any atom is 0.401 e. The number of amides is 1. The van der Waals surface area contributed by atoms with Crippen molar-refractivity contribution in [3.05, 3.63) is 65.2 Å². The van der Waals surface area contributed by atoms with E-state index < -0.39 is 22.7 Å². The molecule has 1 saturated carbocycles. The molecule has 1 aromatic heterocycles. The van der Waals surface area contributed by atoms with Gasteiger partial charge in [-0.15, -0.1) is 0 Å². The lowest BCUT2D eigenvalue weighted by atomic mass is 9.59. The molecule has 3 aliphatic rings. The molecular weight excluding hydrogens is 643 g/mol. The molecule has 13 heteroatoms. The predicted octanol–water partition coefficient (Wildman–Crippen LogP) is 6.62. The minimum Gasteiger partial charge on any atom is -0.475 e. The molecule has 258 valence electrons. The van der Waals surface area contributed by atoms with E-state index in [1.54, 1.807) is 18.2 Å². The van der Waals surface area contributed by atoms with Crippen LogP contribution in [-0.4, -0.2) is 78.6 Å². The van der Waals surface area contributed by atoms with Gasteiger partial charge in [-0.1, -0.05) is 38.1 Å². The average molecular weight is 686 g/mol. The molecule has 2 fully saturated rings. The van der Waals surface area contributed by atoms with Gasteiger partial charge in [-0.05, 0) is 99.7 Å². The van der Waals surface area contributed by atoms with Gasteiger partial charge in [0.25, 0.3) is 15.9 Å². The Bertz CT molecular complexity index is 1760. The molecule has 1 atom stereocenters. The van der Waals surface area contributed by atoms with Gasteiger partial charge in [0.2, 0.25) is 11.8 Å². The van der Waals surface area contributed by atoms with Crippen LogP contribution in [0.1, 0.15) is 67.4 Å². The van der Waals surface area contributed by atoms with Crippen LogP contribution in [0.5, 0.6) is 5.88 Å². The van der Waals surface area contributed by atoms with Crippen molar-refractivity contribution in [1.29, 1.82) is 0 Å². The first-order chi connectivity index (χ1) is 22.6. The second-order valence-electron chi connectivity index (χ2n) is 14.1. The van der Waals surface area contributed by atoms with Crippen LogP contribution in [0.15, 0.2) is 53.4 Å². The number of likely N-dealkylation sites (tertiary alicyclic amines) is 1.